The molecule has 1 fully saturated rings. The Morgan fingerprint density at radius 1 is 0.851 bits per heavy atom. The maximum Gasteiger partial charge on any atom is 0.297 e. The van der Waals surface area contributed by atoms with Gasteiger partial charge >= 0.3 is 0 Å². The van der Waals surface area contributed by atoms with E-state index in [0.717, 1.165) is 11.1 Å². The number of hydrogen-bond acceptors (Lipinski definition) is 14. The van der Waals surface area contributed by atoms with Gasteiger partial charge < -0.3 is 14.5 Å². The largest absolute Gasteiger partial charge is 0.377 e. The van der Waals surface area contributed by atoms with Crippen LogP contribution in [-0.4, -0.2) is 98.6 Å². The predicted octanol–water partition coefficient (Wildman–Crippen LogP) is 1.68. The van der Waals surface area contributed by atoms with Gasteiger partial charge in [-0.05, 0) is 19.1 Å². The van der Waals surface area contributed by atoms with E-state index in [9.17, 15) is 8.42 Å². The summed E-state index contributed by atoms with van der Waals surface area (Å²) in [6, 6.07) is 6.31. The number of piperazine rings is 1. The maximum atomic E-state index is 12.5. The second-order valence-corrected chi connectivity index (χ2v) is 12.2. The average Bonchev–Trinajstić information content (AvgIpc) is 3.54. The third-order valence-corrected chi connectivity index (χ3v) is 8.52. The van der Waals surface area contributed by atoms with Crippen LogP contribution in [0.1, 0.15) is 16.7 Å². The Labute approximate surface area is 271 Å². The second-order valence-electron chi connectivity index (χ2n) is 10.6. The van der Waals surface area contributed by atoms with E-state index in [2.05, 4.69) is 51.8 Å². The third kappa shape index (κ3) is 8.08. The average molecular weight is 654 g/mol. The van der Waals surface area contributed by atoms with Crippen molar-refractivity contribution in [3.05, 3.63) is 90.8 Å². The summed E-state index contributed by atoms with van der Waals surface area (Å²) in [6.45, 7) is 3.82. The van der Waals surface area contributed by atoms with Crippen molar-refractivity contribution in [2.45, 2.75) is 17.9 Å². The van der Waals surface area contributed by atoms with Crippen LogP contribution < -0.4 is 9.80 Å². The van der Waals surface area contributed by atoms with Crippen LogP contribution in [0.2, 0.25) is 0 Å². The first-order chi connectivity index (χ1) is 22.8. The fourth-order valence-corrected chi connectivity index (χ4v) is 5.68. The van der Waals surface area contributed by atoms with Crippen LogP contribution in [0.4, 0.5) is 11.9 Å². The summed E-state index contributed by atoms with van der Waals surface area (Å²) in [4.78, 5) is 34.6. The molecule has 5 aromatic rings. The minimum Gasteiger partial charge on any atom is -0.377 e. The van der Waals surface area contributed by atoms with E-state index in [4.69, 9.17) is 8.92 Å². The Hall–Kier alpha value is -5.37. The molecule has 1 aliphatic heterocycles. The van der Waals surface area contributed by atoms with Crippen LogP contribution in [0.3, 0.4) is 0 Å². The third-order valence-electron chi connectivity index (χ3n) is 7.19. The van der Waals surface area contributed by atoms with E-state index < -0.39 is 10.1 Å². The lowest BCUT2D eigenvalue weighted by Crippen LogP contribution is -2.56. The molecule has 6 rings (SSSR count). The molecule has 4 aromatic heterocycles. The Morgan fingerprint density at radius 3 is 2.19 bits per heavy atom. The predicted molar refractivity (Wildman–Crippen MR) is 171 cm³/mol. The Balaban J connectivity index is 1.06. The van der Waals surface area contributed by atoms with Crippen molar-refractivity contribution in [3.8, 4) is 23.2 Å². The molecule has 16 heteroatoms. The zero-order chi connectivity index (χ0) is 32.6. The number of rotatable bonds is 10. The summed E-state index contributed by atoms with van der Waals surface area (Å²) in [5.74, 6) is 7.76. The molecule has 47 heavy (non-hydrogen) atoms. The van der Waals surface area contributed by atoms with Gasteiger partial charge in [0.25, 0.3) is 10.1 Å². The SMILES string of the molecule is Cc1ccc(S(=O)(=O)OCCOC[C@H]2CN(c3ncc(C#Cc4cnc(-c5cnn(C)c5)nc4)cn3)CCN2c2ncncn2)cc1. The lowest BCUT2D eigenvalue weighted by atomic mass is 10.2. The van der Waals surface area contributed by atoms with Crippen LogP contribution in [0, 0.1) is 18.8 Å². The van der Waals surface area contributed by atoms with Crippen LogP contribution in [0.15, 0.2) is 79.0 Å². The normalized spacial score (nSPS) is 14.9. The van der Waals surface area contributed by atoms with Crippen molar-refractivity contribution >= 4 is 22.0 Å². The molecule has 1 saturated heterocycles. The summed E-state index contributed by atoms with van der Waals surface area (Å²) in [7, 11) is -2.04. The molecule has 0 unspecified atom stereocenters. The minimum absolute atomic E-state index is 0.0771. The van der Waals surface area contributed by atoms with E-state index in [1.807, 2.05) is 30.0 Å². The molecule has 0 N–H and O–H groups in total. The quantitative estimate of drug-likeness (QED) is 0.121. The first kappa shape index (κ1) is 31.6. The lowest BCUT2D eigenvalue weighted by molar-refractivity contribution is 0.0893. The molecule has 1 aliphatic rings. The van der Waals surface area contributed by atoms with Crippen LogP contribution in [-0.2, 0) is 26.1 Å². The van der Waals surface area contributed by atoms with Crippen LogP contribution >= 0.6 is 0 Å². The fourth-order valence-electron chi connectivity index (χ4n) is 4.79. The van der Waals surface area contributed by atoms with Gasteiger partial charge in [0.05, 0.1) is 53.6 Å². The molecule has 0 aliphatic carbocycles. The van der Waals surface area contributed by atoms with Gasteiger partial charge in [0.2, 0.25) is 11.9 Å². The molecule has 0 bridgehead atoms. The summed E-state index contributed by atoms with van der Waals surface area (Å²) >= 11 is 0. The van der Waals surface area contributed by atoms with Gasteiger partial charge in [-0.15, -0.1) is 0 Å². The second kappa shape index (κ2) is 14.4. The minimum atomic E-state index is -3.88. The van der Waals surface area contributed by atoms with E-state index in [0.29, 0.717) is 48.5 Å². The number of hydrogen-bond donors (Lipinski definition) is 0. The van der Waals surface area contributed by atoms with Gasteiger partial charge in [-0.3, -0.25) is 8.86 Å². The molecular weight excluding hydrogens is 622 g/mol. The lowest BCUT2D eigenvalue weighted by Gasteiger charge is -2.41. The van der Waals surface area contributed by atoms with Crippen LogP contribution in [0.5, 0.6) is 0 Å². The molecule has 1 aromatic carbocycles. The highest BCUT2D eigenvalue weighted by atomic mass is 32.2. The van der Waals surface area contributed by atoms with Gasteiger partial charge in [0.15, 0.2) is 5.82 Å². The van der Waals surface area contributed by atoms with E-state index in [1.165, 1.54) is 24.8 Å². The number of nitrogens with zero attached hydrogens (tertiary/aromatic N) is 11. The highest BCUT2D eigenvalue weighted by molar-refractivity contribution is 7.86. The number of ether oxygens (including phenoxy) is 1. The Bertz CT molecular complexity index is 1950. The van der Waals surface area contributed by atoms with Crippen LogP contribution in [0.25, 0.3) is 11.4 Å². The summed E-state index contributed by atoms with van der Waals surface area (Å²) < 4.78 is 37.8. The highest BCUT2D eigenvalue weighted by Gasteiger charge is 2.30. The van der Waals surface area contributed by atoms with Crippen molar-refractivity contribution in [1.82, 2.24) is 44.7 Å². The molecule has 15 nitrogen and oxygen atoms in total. The number of aryl methyl sites for hydroxylation is 2. The number of aromatic nitrogens is 9. The van der Waals surface area contributed by atoms with Gasteiger partial charge in [-0.25, -0.2) is 34.9 Å². The molecule has 240 valence electrons. The Kier molecular flexibility index (Phi) is 9.67. The molecule has 5 heterocycles. The maximum absolute atomic E-state index is 12.5. The van der Waals surface area contributed by atoms with Crippen molar-refractivity contribution in [2.24, 2.45) is 7.05 Å². The Morgan fingerprint density at radius 2 is 1.53 bits per heavy atom. The molecule has 0 amide bonds. The van der Waals surface area contributed by atoms with Gasteiger partial charge in [-0.1, -0.05) is 29.5 Å². The first-order valence-corrected chi connectivity index (χ1v) is 16.1. The van der Waals surface area contributed by atoms with Crippen molar-refractivity contribution in [3.63, 3.8) is 0 Å². The van der Waals surface area contributed by atoms with Gasteiger partial charge in [0, 0.05) is 57.7 Å². The molecule has 0 saturated carbocycles. The molecule has 1 atom stereocenters. The highest BCUT2D eigenvalue weighted by Crippen LogP contribution is 2.20. The fraction of sp³-hybridized carbons (Fsp3) is 0.290. The van der Waals surface area contributed by atoms with Gasteiger partial charge in [0.1, 0.15) is 12.7 Å². The standard InChI is InChI=1S/C31H31N11O4S/c1-23-3-7-28(8-4-23)47(43,44)46-12-11-45-20-27-19-41(9-10-42(27)31-37-21-32-22-38-31)30-35-15-25(16-36-30)6-5-24-13-33-29(34-14-24)26-17-39-40(2)18-26/h3-4,7-8,13-18,21-22,27H,9-12,19-20H2,1-2H3/t27-/m1/s1. The van der Waals surface area contributed by atoms with E-state index >= 15 is 0 Å². The zero-order valence-electron chi connectivity index (χ0n) is 25.7. The van der Waals surface area contributed by atoms with E-state index in [1.54, 1.807) is 47.8 Å². The van der Waals surface area contributed by atoms with Gasteiger partial charge in [-0.2, -0.15) is 13.5 Å². The molecule has 0 spiro atoms. The summed E-state index contributed by atoms with van der Waals surface area (Å²) in [5.41, 5.74) is 3.10. The van der Waals surface area contributed by atoms with Crippen molar-refractivity contribution in [1.29, 1.82) is 0 Å². The summed E-state index contributed by atoms with van der Waals surface area (Å²) in [5, 5.41) is 4.14. The summed E-state index contributed by atoms with van der Waals surface area (Å²) in [6.07, 6.45) is 13.1. The topological polar surface area (TPSA) is 167 Å². The first-order valence-electron chi connectivity index (χ1n) is 14.7. The molecular formula is C31H31N11O4S. The van der Waals surface area contributed by atoms with Crippen molar-refractivity contribution < 1.29 is 17.3 Å². The monoisotopic (exact) mass is 653 g/mol. The smallest absolute Gasteiger partial charge is 0.297 e. The number of anilines is 2. The van der Waals surface area contributed by atoms with Crippen molar-refractivity contribution in [2.75, 3.05) is 49.3 Å². The van der Waals surface area contributed by atoms with E-state index in [-0.39, 0.29) is 30.8 Å². The molecule has 0 radical (unpaired) electrons. The number of benzene rings is 1. The zero-order valence-corrected chi connectivity index (χ0v) is 26.5.